The van der Waals surface area contributed by atoms with Gasteiger partial charge in [0, 0.05) is 18.7 Å². The summed E-state index contributed by atoms with van der Waals surface area (Å²) < 4.78 is 7.28. The molecule has 3 aromatic rings. The van der Waals surface area contributed by atoms with E-state index in [2.05, 4.69) is 53.2 Å². The first-order chi connectivity index (χ1) is 7.90. The Kier molecular flexibility index (Phi) is 2.15. The molecule has 0 atom stereocenters. The quantitative estimate of drug-likeness (QED) is 0.633. The van der Waals surface area contributed by atoms with Gasteiger partial charge in [-0.25, -0.2) is 0 Å². The summed E-state index contributed by atoms with van der Waals surface area (Å²) in [5.41, 5.74) is 1.22. The van der Waals surface area contributed by atoms with Crippen molar-refractivity contribution in [2.24, 2.45) is 0 Å². The minimum atomic E-state index is 0.599. The molecular weight excluding hydrogens is 198 g/mol. The zero-order chi connectivity index (χ0) is 11.0. The molecule has 0 aliphatic rings. The molecule has 1 heterocycles. The van der Waals surface area contributed by atoms with Crippen LogP contribution < -0.4 is 0 Å². The number of fused-ring (bicyclic) bond motifs is 3. The number of methoxy groups -OCH3 is 1. The van der Waals surface area contributed by atoms with Gasteiger partial charge in [-0.2, -0.15) is 0 Å². The minimum absolute atomic E-state index is 0.599. The summed E-state index contributed by atoms with van der Waals surface area (Å²) in [6, 6.07) is 14.9. The first-order valence-electron chi connectivity index (χ1n) is 5.35. The number of hydrogen-bond acceptors (Lipinski definition) is 1. The molecule has 0 bridgehead atoms. The van der Waals surface area contributed by atoms with Gasteiger partial charge in [-0.15, -0.1) is 0 Å². The molecule has 1 aromatic heterocycles. The Bertz CT molecular complexity index is 639. The van der Waals surface area contributed by atoms with Crippen molar-refractivity contribution < 1.29 is 4.74 Å². The maximum Gasteiger partial charge on any atom is 0.122 e. The third-order valence-electron chi connectivity index (χ3n) is 2.95. The number of rotatable bonds is 2. The summed E-state index contributed by atoms with van der Waals surface area (Å²) in [5, 5.41) is 3.87. The van der Waals surface area contributed by atoms with Gasteiger partial charge in [-0.05, 0) is 22.9 Å². The Hall–Kier alpha value is -1.80. The highest BCUT2D eigenvalue weighted by molar-refractivity contribution is 6.06. The van der Waals surface area contributed by atoms with Crippen molar-refractivity contribution in [3.63, 3.8) is 0 Å². The predicted octanol–water partition coefficient (Wildman–Crippen LogP) is 3.40. The molecule has 0 unspecified atom stereocenters. The van der Waals surface area contributed by atoms with Gasteiger partial charge in [0.1, 0.15) is 6.73 Å². The number of aromatic nitrogens is 1. The lowest BCUT2D eigenvalue weighted by atomic mass is 10.1. The molecule has 0 saturated carbocycles. The van der Waals surface area contributed by atoms with Crippen molar-refractivity contribution in [1.29, 1.82) is 0 Å². The molecule has 80 valence electrons. The molecule has 0 N–H and O–H groups in total. The molecule has 16 heavy (non-hydrogen) atoms. The van der Waals surface area contributed by atoms with Gasteiger partial charge in [-0.1, -0.05) is 30.3 Å². The summed E-state index contributed by atoms with van der Waals surface area (Å²) >= 11 is 0. The summed E-state index contributed by atoms with van der Waals surface area (Å²) in [7, 11) is 1.72. The van der Waals surface area contributed by atoms with E-state index in [1.165, 1.54) is 21.7 Å². The largest absolute Gasteiger partial charge is 0.364 e. The maximum absolute atomic E-state index is 5.17. The van der Waals surface area contributed by atoms with Gasteiger partial charge in [0.25, 0.3) is 0 Å². The Balaban J connectivity index is 2.36. The van der Waals surface area contributed by atoms with E-state index in [1.54, 1.807) is 7.11 Å². The minimum Gasteiger partial charge on any atom is -0.364 e. The first kappa shape index (κ1) is 9.43. The number of nitrogens with zero attached hydrogens (tertiary/aromatic N) is 1. The zero-order valence-corrected chi connectivity index (χ0v) is 9.18. The Morgan fingerprint density at radius 2 is 1.88 bits per heavy atom. The van der Waals surface area contributed by atoms with E-state index in [9.17, 15) is 0 Å². The van der Waals surface area contributed by atoms with Crippen LogP contribution in [0.5, 0.6) is 0 Å². The van der Waals surface area contributed by atoms with Gasteiger partial charge in [0.2, 0.25) is 0 Å². The van der Waals surface area contributed by atoms with Crippen LogP contribution in [0.1, 0.15) is 0 Å². The second kappa shape index (κ2) is 3.65. The zero-order valence-electron chi connectivity index (χ0n) is 9.18. The van der Waals surface area contributed by atoms with Crippen LogP contribution in [-0.4, -0.2) is 11.7 Å². The summed E-state index contributed by atoms with van der Waals surface area (Å²) in [6.07, 6.45) is 2.07. The van der Waals surface area contributed by atoms with Crippen molar-refractivity contribution >= 4 is 21.7 Å². The van der Waals surface area contributed by atoms with Crippen LogP contribution in [0.15, 0.2) is 48.7 Å². The molecule has 2 nitrogen and oxygen atoms in total. The highest BCUT2D eigenvalue weighted by Crippen LogP contribution is 2.25. The van der Waals surface area contributed by atoms with E-state index >= 15 is 0 Å². The summed E-state index contributed by atoms with van der Waals surface area (Å²) in [4.78, 5) is 0. The standard InChI is InChI=1S/C14H13NO/c1-16-10-15-9-8-13-12-5-3-2-4-11(12)6-7-14(13)15/h2-9H,10H2,1H3. The highest BCUT2D eigenvalue weighted by atomic mass is 16.5. The van der Waals surface area contributed by atoms with Crippen molar-refractivity contribution in [2.45, 2.75) is 6.73 Å². The van der Waals surface area contributed by atoms with Crippen LogP contribution >= 0.6 is 0 Å². The molecule has 3 rings (SSSR count). The lowest BCUT2D eigenvalue weighted by molar-refractivity contribution is 0.135. The maximum atomic E-state index is 5.17. The van der Waals surface area contributed by atoms with Crippen LogP contribution in [0.4, 0.5) is 0 Å². The van der Waals surface area contributed by atoms with Crippen molar-refractivity contribution in [1.82, 2.24) is 4.57 Å². The molecular formula is C14H13NO. The van der Waals surface area contributed by atoms with Crippen LogP contribution in [0.25, 0.3) is 21.7 Å². The second-order valence-electron chi connectivity index (χ2n) is 3.92. The van der Waals surface area contributed by atoms with Crippen LogP contribution in [0, 0.1) is 0 Å². The molecule has 2 aromatic carbocycles. The monoisotopic (exact) mass is 211 g/mol. The van der Waals surface area contributed by atoms with Gasteiger partial charge < -0.3 is 9.30 Å². The van der Waals surface area contributed by atoms with Gasteiger partial charge in [-0.3, -0.25) is 0 Å². The average Bonchev–Trinajstić information content (AvgIpc) is 2.73. The normalized spacial score (nSPS) is 11.3. The van der Waals surface area contributed by atoms with E-state index in [0.29, 0.717) is 6.73 Å². The molecule has 0 saturated heterocycles. The molecule has 0 aliphatic carbocycles. The van der Waals surface area contributed by atoms with Crippen molar-refractivity contribution in [2.75, 3.05) is 7.11 Å². The van der Waals surface area contributed by atoms with E-state index in [0.717, 1.165) is 0 Å². The molecule has 0 fully saturated rings. The smallest absolute Gasteiger partial charge is 0.122 e. The van der Waals surface area contributed by atoms with Gasteiger partial charge in [0.15, 0.2) is 0 Å². The summed E-state index contributed by atoms with van der Waals surface area (Å²) in [6.45, 7) is 0.599. The second-order valence-corrected chi connectivity index (χ2v) is 3.92. The Morgan fingerprint density at radius 3 is 2.75 bits per heavy atom. The van der Waals surface area contributed by atoms with Crippen molar-refractivity contribution in [3.8, 4) is 0 Å². The fourth-order valence-electron chi connectivity index (χ4n) is 2.21. The highest BCUT2D eigenvalue weighted by Gasteiger charge is 2.03. The summed E-state index contributed by atoms with van der Waals surface area (Å²) in [5.74, 6) is 0. The third-order valence-corrected chi connectivity index (χ3v) is 2.95. The molecule has 0 radical (unpaired) electrons. The third kappa shape index (κ3) is 1.31. The van der Waals surface area contributed by atoms with Crippen LogP contribution in [0.2, 0.25) is 0 Å². The van der Waals surface area contributed by atoms with E-state index < -0.39 is 0 Å². The Morgan fingerprint density at radius 1 is 1.00 bits per heavy atom. The number of ether oxygens (including phenoxy) is 1. The van der Waals surface area contributed by atoms with Crippen molar-refractivity contribution in [3.05, 3.63) is 48.7 Å². The lowest BCUT2D eigenvalue weighted by Gasteiger charge is -2.04. The van der Waals surface area contributed by atoms with Gasteiger partial charge in [0.05, 0.1) is 5.52 Å². The van der Waals surface area contributed by atoms with E-state index in [1.807, 2.05) is 0 Å². The van der Waals surface area contributed by atoms with E-state index in [4.69, 9.17) is 4.74 Å². The van der Waals surface area contributed by atoms with Gasteiger partial charge >= 0.3 is 0 Å². The first-order valence-corrected chi connectivity index (χ1v) is 5.35. The molecule has 0 amide bonds. The Labute approximate surface area is 94.1 Å². The molecule has 2 heteroatoms. The lowest BCUT2D eigenvalue weighted by Crippen LogP contribution is -1.96. The predicted molar refractivity (Wildman–Crippen MR) is 66.5 cm³/mol. The fraction of sp³-hybridized carbons (Fsp3) is 0.143. The fourth-order valence-corrected chi connectivity index (χ4v) is 2.21. The number of hydrogen-bond donors (Lipinski definition) is 0. The van der Waals surface area contributed by atoms with Crippen LogP contribution in [0.3, 0.4) is 0 Å². The van der Waals surface area contributed by atoms with Crippen LogP contribution in [-0.2, 0) is 11.5 Å². The average molecular weight is 211 g/mol. The van der Waals surface area contributed by atoms with E-state index in [-0.39, 0.29) is 0 Å². The molecule has 0 spiro atoms. The topological polar surface area (TPSA) is 14.2 Å². The molecule has 0 aliphatic heterocycles. The SMILES string of the molecule is COCn1ccc2c3ccccc3ccc21. The number of benzene rings is 2.